The van der Waals surface area contributed by atoms with Gasteiger partial charge in [-0.15, -0.1) is 11.3 Å². The highest BCUT2D eigenvalue weighted by molar-refractivity contribution is 7.10. The molecule has 1 fully saturated rings. The number of nitrogens with zero attached hydrogens (tertiary/aromatic N) is 4. The summed E-state index contributed by atoms with van der Waals surface area (Å²) in [5.41, 5.74) is 7.50. The minimum atomic E-state index is -0.108. The first-order chi connectivity index (χ1) is 18.5. The van der Waals surface area contributed by atoms with Crippen molar-refractivity contribution in [2.24, 2.45) is 0 Å². The van der Waals surface area contributed by atoms with Gasteiger partial charge in [0, 0.05) is 61.3 Å². The van der Waals surface area contributed by atoms with E-state index in [0.29, 0.717) is 17.5 Å². The maximum Gasteiger partial charge on any atom is 0.255 e. The topological polar surface area (TPSA) is 72.3 Å². The smallest absolute Gasteiger partial charge is 0.255 e. The Kier molecular flexibility index (Phi) is 7.94. The highest BCUT2D eigenvalue weighted by atomic mass is 32.1. The number of aromatic nitrogens is 1. The number of hydrogen-bond acceptors (Lipinski definition) is 6. The van der Waals surface area contributed by atoms with E-state index in [1.165, 1.54) is 5.56 Å². The van der Waals surface area contributed by atoms with Gasteiger partial charge in [-0.2, -0.15) is 5.26 Å². The van der Waals surface area contributed by atoms with E-state index in [1.807, 2.05) is 60.0 Å². The standard InChI is InChI=1S/C31H31N5OS/c1-22-3-12-28(17-27(22)18-30-34-29(21-38-30)25-8-4-23(19-32)5-9-25)33-31(37)26-10-6-24(7-11-26)20-36-15-13-35(2)14-16-36/h3-12,17,21H,13-16,18,20H2,1-2H3,(H,33,37). The number of benzene rings is 3. The van der Waals surface area contributed by atoms with E-state index in [4.69, 9.17) is 10.2 Å². The van der Waals surface area contributed by atoms with E-state index < -0.39 is 0 Å². The van der Waals surface area contributed by atoms with Gasteiger partial charge in [0.1, 0.15) is 0 Å². The lowest BCUT2D eigenvalue weighted by molar-refractivity contribution is 0.102. The summed E-state index contributed by atoms with van der Waals surface area (Å²) in [7, 11) is 2.16. The third-order valence-corrected chi connectivity index (χ3v) is 7.88. The van der Waals surface area contributed by atoms with Crippen molar-refractivity contribution in [2.45, 2.75) is 19.9 Å². The summed E-state index contributed by atoms with van der Waals surface area (Å²) in [5.74, 6) is -0.108. The number of piperazine rings is 1. The fourth-order valence-electron chi connectivity index (χ4n) is 4.57. The molecule has 1 aromatic heterocycles. The fourth-order valence-corrected chi connectivity index (χ4v) is 5.40. The van der Waals surface area contributed by atoms with E-state index in [2.05, 4.69) is 47.3 Å². The average Bonchev–Trinajstić information content (AvgIpc) is 3.41. The van der Waals surface area contributed by atoms with E-state index in [9.17, 15) is 4.79 Å². The van der Waals surface area contributed by atoms with Crippen LogP contribution in [0.1, 0.15) is 37.6 Å². The zero-order chi connectivity index (χ0) is 26.5. The number of hydrogen-bond donors (Lipinski definition) is 1. The Hall–Kier alpha value is -3.83. The molecule has 192 valence electrons. The number of carbonyl (C=O) groups is 1. The van der Waals surface area contributed by atoms with Crippen LogP contribution < -0.4 is 5.32 Å². The van der Waals surface area contributed by atoms with E-state index in [1.54, 1.807) is 11.3 Å². The Bertz CT molecular complexity index is 1450. The number of nitriles is 1. The predicted molar refractivity (Wildman–Crippen MR) is 153 cm³/mol. The van der Waals surface area contributed by atoms with Crippen molar-refractivity contribution >= 4 is 22.9 Å². The summed E-state index contributed by atoms with van der Waals surface area (Å²) in [6.45, 7) is 7.34. The van der Waals surface area contributed by atoms with Crippen LogP contribution in [0, 0.1) is 18.3 Å². The van der Waals surface area contributed by atoms with Crippen LogP contribution in [0.5, 0.6) is 0 Å². The van der Waals surface area contributed by atoms with Crippen LogP contribution in [0.25, 0.3) is 11.3 Å². The lowest BCUT2D eigenvalue weighted by Gasteiger charge is -2.32. The van der Waals surface area contributed by atoms with Crippen LogP contribution in [-0.4, -0.2) is 53.9 Å². The second kappa shape index (κ2) is 11.7. The van der Waals surface area contributed by atoms with Gasteiger partial charge in [0.2, 0.25) is 0 Å². The van der Waals surface area contributed by atoms with Crippen molar-refractivity contribution in [1.29, 1.82) is 5.26 Å². The molecule has 0 aliphatic carbocycles. The van der Waals surface area contributed by atoms with Gasteiger partial charge in [0.05, 0.1) is 22.3 Å². The van der Waals surface area contributed by atoms with Crippen molar-refractivity contribution in [2.75, 3.05) is 38.5 Å². The number of likely N-dealkylation sites (N-methyl/N-ethyl adjacent to an activating group) is 1. The first-order valence-corrected chi connectivity index (χ1v) is 13.7. The number of aryl methyl sites for hydroxylation is 1. The molecule has 5 rings (SSSR count). The van der Waals surface area contributed by atoms with Crippen LogP contribution in [0.15, 0.2) is 72.1 Å². The molecule has 6 nitrogen and oxygen atoms in total. The van der Waals surface area contributed by atoms with Gasteiger partial charge in [0.25, 0.3) is 5.91 Å². The molecule has 38 heavy (non-hydrogen) atoms. The third kappa shape index (κ3) is 6.35. The number of carbonyl (C=O) groups excluding carboxylic acids is 1. The molecule has 1 N–H and O–H groups in total. The largest absolute Gasteiger partial charge is 0.322 e. The van der Waals surface area contributed by atoms with Crippen LogP contribution in [0.3, 0.4) is 0 Å². The molecule has 1 saturated heterocycles. The molecule has 0 spiro atoms. The molecule has 0 bridgehead atoms. The Morgan fingerprint density at radius 1 is 1.03 bits per heavy atom. The number of thiazole rings is 1. The van der Waals surface area contributed by atoms with Gasteiger partial charge in [-0.1, -0.05) is 30.3 Å². The van der Waals surface area contributed by atoms with Crippen molar-refractivity contribution < 1.29 is 4.79 Å². The van der Waals surface area contributed by atoms with Gasteiger partial charge >= 0.3 is 0 Å². The number of amides is 1. The van der Waals surface area contributed by atoms with Crippen molar-refractivity contribution in [1.82, 2.24) is 14.8 Å². The molecule has 0 radical (unpaired) electrons. The van der Waals surface area contributed by atoms with Gasteiger partial charge in [-0.05, 0) is 67.1 Å². The van der Waals surface area contributed by atoms with Gasteiger partial charge in [-0.25, -0.2) is 4.98 Å². The zero-order valence-electron chi connectivity index (χ0n) is 21.8. The summed E-state index contributed by atoms with van der Waals surface area (Å²) < 4.78 is 0. The van der Waals surface area contributed by atoms with E-state index in [0.717, 1.165) is 65.8 Å². The molecule has 0 unspecified atom stereocenters. The summed E-state index contributed by atoms with van der Waals surface area (Å²) in [4.78, 5) is 22.6. The molecule has 1 aliphatic rings. The first-order valence-electron chi connectivity index (χ1n) is 12.8. The Morgan fingerprint density at radius 3 is 2.47 bits per heavy atom. The van der Waals surface area contributed by atoms with E-state index in [-0.39, 0.29) is 5.91 Å². The molecule has 0 atom stereocenters. The summed E-state index contributed by atoms with van der Waals surface area (Å²) >= 11 is 1.62. The summed E-state index contributed by atoms with van der Waals surface area (Å²) in [6, 6.07) is 23.6. The summed E-state index contributed by atoms with van der Waals surface area (Å²) in [5, 5.41) is 15.1. The molecule has 1 amide bonds. The van der Waals surface area contributed by atoms with Crippen LogP contribution in [0.2, 0.25) is 0 Å². The third-order valence-electron chi connectivity index (χ3n) is 7.03. The predicted octanol–water partition coefficient (Wildman–Crippen LogP) is 5.58. The molecular weight excluding hydrogens is 490 g/mol. The molecule has 3 aromatic carbocycles. The number of rotatable bonds is 7. The summed E-state index contributed by atoms with van der Waals surface area (Å²) in [6.07, 6.45) is 0.692. The Labute approximate surface area is 228 Å². The maximum atomic E-state index is 13.0. The fraction of sp³-hybridized carbons (Fsp3) is 0.258. The van der Waals surface area contributed by atoms with Crippen LogP contribution in [0.4, 0.5) is 5.69 Å². The van der Waals surface area contributed by atoms with Gasteiger partial charge in [-0.3, -0.25) is 9.69 Å². The monoisotopic (exact) mass is 521 g/mol. The molecule has 7 heteroatoms. The minimum absolute atomic E-state index is 0.108. The average molecular weight is 522 g/mol. The lowest BCUT2D eigenvalue weighted by Crippen LogP contribution is -2.43. The number of anilines is 1. The van der Waals surface area contributed by atoms with Crippen molar-refractivity contribution in [3.8, 4) is 17.3 Å². The minimum Gasteiger partial charge on any atom is -0.322 e. The zero-order valence-corrected chi connectivity index (χ0v) is 22.6. The second-order valence-electron chi connectivity index (χ2n) is 9.86. The van der Waals surface area contributed by atoms with E-state index >= 15 is 0 Å². The second-order valence-corrected chi connectivity index (χ2v) is 10.8. The normalized spacial score (nSPS) is 14.2. The molecule has 2 heterocycles. The van der Waals surface area contributed by atoms with Gasteiger partial charge < -0.3 is 10.2 Å². The Balaban J connectivity index is 1.21. The van der Waals surface area contributed by atoms with Crippen LogP contribution >= 0.6 is 11.3 Å². The van der Waals surface area contributed by atoms with Crippen molar-refractivity contribution in [3.05, 3.63) is 105 Å². The maximum absolute atomic E-state index is 13.0. The van der Waals surface area contributed by atoms with Crippen molar-refractivity contribution in [3.63, 3.8) is 0 Å². The highest BCUT2D eigenvalue weighted by Crippen LogP contribution is 2.26. The highest BCUT2D eigenvalue weighted by Gasteiger charge is 2.15. The lowest BCUT2D eigenvalue weighted by atomic mass is 10.0. The Morgan fingerprint density at radius 2 is 1.76 bits per heavy atom. The van der Waals surface area contributed by atoms with Gasteiger partial charge in [0.15, 0.2) is 0 Å². The molecular formula is C31H31N5OS. The molecule has 1 aliphatic heterocycles. The molecule has 4 aromatic rings. The quantitative estimate of drug-likeness (QED) is 0.344. The first kappa shape index (κ1) is 25.8. The molecule has 0 saturated carbocycles. The number of nitrogens with one attached hydrogen (secondary N) is 1. The SMILES string of the molecule is Cc1ccc(NC(=O)c2ccc(CN3CCN(C)CC3)cc2)cc1Cc1nc(-c2ccc(C#N)cc2)cs1. The van der Waals surface area contributed by atoms with Crippen LogP contribution in [-0.2, 0) is 13.0 Å².